The van der Waals surface area contributed by atoms with E-state index in [-0.39, 0.29) is 28.5 Å². The fourth-order valence-corrected chi connectivity index (χ4v) is 3.98. The fraction of sp³-hybridized carbons (Fsp3) is 0.733. The van der Waals surface area contributed by atoms with Crippen LogP contribution in [0.5, 0.6) is 0 Å². The number of hydrogen-bond donors (Lipinski definition) is 3. The van der Waals surface area contributed by atoms with Gasteiger partial charge in [0.2, 0.25) is 5.91 Å². The van der Waals surface area contributed by atoms with Crippen molar-refractivity contribution in [2.45, 2.75) is 55.4 Å². The molecule has 0 aromatic carbocycles. The quantitative estimate of drug-likeness (QED) is 0.606. The SMILES string of the molecule is C=CC1CC1(NC(=O)C1CCCN1)C(=O)NS(=O)C1(C)CC1. The highest BCUT2D eigenvalue weighted by Crippen LogP contribution is 2.46. The van der Waals surface area contributed by atoms with Gasteiger partial charge in [0.15, 0.2) is 0 Å². The van der Waals surface area contributed by atoms with Crippen LogP contribution in [0.25, 0.3) is 0 Å². The van der Waals surface area contributed by atoms with Gasteiger partial charge >= 0.3 is 0 Å². The molecule has 1 aliphatic heterocycles. The number of carbonyl (C=O) groups is 2. The first-order valence-corrected chi connectivity index (χ1v) is 8.97. The maximum absolute atomic E-state index is 12.5. The predicted molar refractivity (Wildman–Crippen MR) is 84.1 cm³/mol. The van der Waals surface area contributed by atoms with Crippen molar-refractivity contribution in [3.63, 3.8) is 0 Å². The molecule has 7 heteroatoms. The zero-order chi connectivity index (χ0) is 16.0. The first kappa shape index (κ1) is 15.7. The van der Waals surface area contributed by atoms with Crippen LogP contribution in [-0.2, 0) is 20.6 Å². The molecule has 0 spiro atoms. The van der Waals surface area contributed by atoms with Gasteiger partial charge in [-0.3, -0.25) is 14.3 Å². The summed E-state index contributed by atoms with van der Waals surface area (Å²) in [5.74, 6) is -0.600. The molecule has 0 radical (unpaired) electrons. The van der Waals surface area contributed by atoms with Gasteiger partial charge in [0.25, 0.3) is 5.91 Å². The summed E-state index contributed by atoms with van der Waals surface area (Å²) in [5.41, 5.74) is -0.968. The van der Waals surface area contributed by atoms with E-state index in [0.717, 1.165) is 32.2 Å². The second kappa shape index (κ2) is 5.45. The van der Waals surface area contributed by atoms with Gasteiger partial charge in [-0.25, -0.2) is 4.21 Å². The lowest BCUT2D eigenvalue weighted by Crippen LogP contribution is -2.55. The van der Waals surface area contributed by atoms with Crippen LogP contribution in [0.15, 0.2) is 12.7 Å². The normalized spacial score (nSPS) is 36.2. The highest BCUT2D eigenvalue weighted by molar-refractivity contribution is 7.85. The third-order valence-corrected chi connectivity index (χ3v) is 6.69. The summed E-state index contributed by atoms with van der Waals surface area (Å²) in [5, 5.41) is 5.99. The first-order valence-electron chi connectivity index (χ1n) is 7.82. The third-order valence-electron chi connectivity index (χ3n) is 5.01. The Labute approximate surface area is 133 Å². The van der Waals surface area contributed by atoms with Crippen molar-refractivity contribution in [2.24, 2.45) is 5.92 Å². The average Bonchev–Trinajstić information content (AvgIpc) is 3.33. The largest absolute Gasteiger partial charge is 0.340 e. The Kier molecular flexibility index (Phi) is 3.89. The molecule has 22 heavy (non-hydrogen) atoms. The Balaban J connectivity index is 1.66. The Bertz CT molecular complexity index is 540. The minimum absolute atomic E-state index is 0.0955. The van der Waals surface area contributed by atoms with Crippen LogP contribution in [-0.4, -0.2) is 38.9 Å². The lowest BCUT2D eigenvalue weighted by molar-refractivity contribution is -0.130. The molecule has 1 saturated heterocycles. The maximum Gasteiger partial charge on any atom is 0.258 e. The van der Waals surface area contributed by atoms with Crippen molar-refractivity contribution in [3.05, 3.63) is 12.7 Å². The topological polar surface area (TPSA) is 87.3 Å². The Morgan fingerprint density at radius 3 is 2.64 bits per heavy atom. The van der Waals surface area contributed by atoms with Crippen LogP contribution >= 0.6 is 0 Å². The molecule has 6 nitrogen and oxygen atoms in total. The maximum atomic E-state index is 12.5. The van der Waals surface area contributed by atoms with Crippen molar-refractivity contribution >= 4 is 22.8 Å². The highest BCUT2D eigenvalue weighted by Gasteiger charge is 2.61. The molecule has 1 heterocycles. The Morgan fingerprint density at radius 2 is 2.14 bits per heavy atom. The second-order valence-electron chi connectivity index (χ2n) is 6.81. The summed E-state index contributed by atoms with van der Waals surface area (Å²) in [6, 6.07) is -0.234. The molecular formula is C15H23N3O3S. The smallest absolute Gasteiger partial charge is 0.258 e. The van der Waals surface area contributed by atoms with Gasteiger partial charge in [-0.2, -0.15) is 0 Å². The van der Waals surface area contributed by atoms with Crippen molar-refractivity contribution in [2.75, 3.05) is 6.54 Å². The molecule has 0 aromatic rings. The molecule has 3 fully saturated rings. The van der Waals surface area contributed by atoms with Crippen LogP contribution in [0.4, 0.5) is 0 Å². The van der Waals surface area contributed by atoms with E-state index in [1.807, 2.05) is 6.92 Å². The molecule has 122 valence electrons. The molecular weight excluding hydrogens is 302 g/mol. The number of amides is 2. The standard InChI is InChI=1S/C15H23N3O3S/c1-3-10-9-15(10,17-12(19)11-5-4-8-16-11)13(20)18-22(21)14(2)6-7-14/h3,10-11,16H,1,4-9H2,2H3,(H,17,19)(H,18,20). The summed E-state index contributed by atoms with van der Waals surface area (Å²) in [7, 11) is -1.40. The van der Waals surface area contributed by atoms with Crippen LogP contribution in [0.3, 0.4) is 0 Å². The zero-order valence-corrected chi connectivity index (χ0v) is 13.6. The molecule has 4 unspecified atom stereocenters. The van der Waals surface area contributed by atoms with Crippen molar-refractivity contribution in [3.8, 4) is 0 Å². The number of nitrogens with one attached hydrogen (secondary N) is 3. The van der Waals surface area contributed by atoms with Crippen molar-refractivity contribution < 1.29 is 13.8 Å². The predicted octanol–water partition coefficient (Wildman–Crippen LogP) is 0.132. The van der Waals surface area contributed by atoms with Crippen molar-refractivity contribution in [1.29, 1.82) is 0 Å². The van der Waals surface area contributed by atoms with E-state index < -0.39 is 16.5 Å². The lowest BCUT2D eigenvalue weighted by Gasteiger charge is -2.21. The Morgan fingerprint density at radius 1 is 1.41 bits per heavy atom. The molecule has 3 N–H and O–H groups in total. The fourth-order valence-electron chi connectivity index (χ4n) is 2.91. The molecule has 0 aromatic heterocycles. The van der Waals surface area contributed by atoms with Crippen molar-refractivity contribution in [1.82, 2.24) is 15.4 Å². The van der Waals surface area contributed by atoms with Gasteiger partial charge < -0.3 is 10.6 Å². The summed E-state index contributed by atoms with van der Waals surface area (Å²) < 4.78 is 14.5. The number of hydrogen-bond acceptors (Lipinski definition) is 4. The van der Waals surface area contributed by atoms with E-state index >= 15 is 0 Å². The number of rotatable bonds is 6. The van der Waals surface area contributed by atoms with E-state index in [1.165, 1.54) is 0 Å². The zero-order valence-electron chi connectivity index (χ0n) is 12.8. The van der Waals surface area contributed by atoms with Gasteiger partial charge in [-0.1, -0.05) is 6.08 Å². The van der Waals surface area contributed by atoms with E-state index in [4.69, 9.17) is 0 Å². The van der Waals surface area contributed by atoms with Gasteiger partial charge in [0.05, 0.1) is 10.8 Å². The van der Waals surface area contributed by atoms with Crippen LogP contribution < -0.4 is 15.4 Å². The second-order valence-corrected chi connectivity index (χ2v) is 8.53. The Hall–Kier alpha value is -1.21. The highest BCUT2D eigenvalue weighted by atomic mass is 32.2. The summed E-state index contributed by atoms with van der Waals surface area (Å²) in [4.78, 5) is 24.8. The summed E-state index contributed by atoms with van der Waals surface area (Å²) in [6.45, 7) is 6.44. The van der Waals surface area contributed by atoms with Gasteiger partial charge in [-0.15, -0.1) is 6.58 Å². The monoisotopic (exact) mass is 325 g/mol. The van der Waals surface area contributed by atoms with Gasteiger partial charge in [0.1, 0.15) is 16.5 Å². The van der Waals surface area contributed by atoms with E-state index in [0.29, 0.717) is 6.42 Å². The van der Waals surface area contributed by atoms with Gasteiger partial charge in [0, 0.05) is 5.92 Å². The van der Waals surface area contributed by atoms with E-state index in [9.17, 15) is 13.8 Å². The van der Waals surface area contributed by atoms with E-state index in [2.05, 4.69) is 21.9 Å². The van der Waals surface area contributed by atoms with Crippen LogP contribution in [0, 0.1) is 5.92 Å². The first-order chi connectivity index (χ1) is 10.4. The third kappa shape index (κ3) is 2.72. The van der Waals surface area contributed by atoms with Gasteiger partial charge in [-0.05, 0) is 45.6 Å². The molecule has 3 rings (SSSR count). The molecule has 3 aliphatic rings. The molecule has 2 aliphatic carbocycles. The molecule has 2 saturated carbocycles. The van der Waals surface area contributed by atoms with E-state index in [1.54, 1.807) is 6.08 Å². The summed E-state index contributed by atoms with van der Waals surface area (Å²) >= 11 is 0. The lowest BCUT2D eigenvalue weighted by atomic mass is 10.1. The van der Waals surface area contributed by atoms with Crippen LogP contribution in [0.2, 0.25) is 0 Å². The minimum Gasteiger partial charge on any atom is -0.340 e. The molecule has 2 amide bonds. The molecule has 0 bridgehead atoms. The molecule has 4 atom stereocenters. The minimum atomic E-state index is -1.40. The number of carbonyl (C=O) groups excluding carboxylic acids is 2. The average molecular weight is 325 g/mol. The van der Waals surface area contributed by atoms with Crippen LogP contribution in [0.1, 0.15) is 39.0 Å². The summed E-state index contributed by atoms with van der Waals surface area (Å²) in [6.07, 6.45) is 5.67.